The van der Waals surface area contributed by atoms with Gasteiger partial charge in [0.05, 0.1) is 19.8 Å². The summed E-state index contributed by atoms with van der Waals surface area (Å²) >= 11 is 0. The first-order valence-corrected chi connectivity index (χ1v) is 8.18. The standard InChI is InChI=1S/C12H27O4P.Zr/c1-4-7-10-14-17(13,15-11-8-5-2)16-12-9-6-3;/h4-12H2,1-3H3;. The van der Waals surface area contributed by atoms with Crippen LogP contribution in [0.25, 0.3) is 0 Å². The van der Waals surface area contributed by atoms with Gasteiger partial charge in [0, 0.05) is 26.2 Å². The SMILES string of the molecule is CCCCOP(=O)(OCCCC)OCCCC.[Zr]. The largest absolute Gasteiger partial charge is 0.474 e. The third-order valence-corrected chi connectivity index (χ3v) is 3.74. The minimum Gasteiger partial charge on any atom is -0.287 e. The zero-order chi connectivity index (χ0) is 13.0. The van der Waals surface area contributed by atoms with Crippen LogP contribution in [0.5, 0.6) is 0 Å². The van der Waals surface area contributed by atoms with Crippen LogP contribution >= 0.6 is 7.82 Å². The number of hydrogen-bond donors (Lipinski definition) is 0. The van der Waals surface area contributed by atoms with E-state index in [0.717, 1.165) is 38.5 Å². The molecule has 0 radical (unpaired) electrons. The molecular weight excluding hydrogens is 330 g/mol. The summed E-state index contributed by atoms with van der Waals surface area (Å²) in [6.45, 7) is 7.49. The Morgan fingerprint density at radius 1 is 0.722 bits per heavy atom. The van der Waals surface area contributed by atoms with Gasteiger partial charge in [-0.2, -0.15) is 0 Å². The Morgan fingerprint density at radius 3 is 1.22 bits per heavy atom. The van der Waals surface area contributed by atoms with E-state index >= 15 is 0 Å². The molecule has 0 atom stereocenters. The molecule has 6 heteroatoms. The van der Waals surface area contributed by atoms with E-state index in [0.29, 0.717) is 19.8 Å². The predicted molar refractivity (Wildman–Crippen MR) is 70.2 cm³/mol. The molecule has 0 aromatic heterocycles. The minimum atomic E-state index is -3.31. The molecule has 0 N–H and O–H groups in total. The van der Waals surface area contributed by atoms with E-state index in [9.17, 15) is 4.57 Å². The van der Waals surface area contributed by atoms with Crippen molar-refractivity contribution in [3.63, 3.8) is 0 Å². The van der Waals surface area contributed by atoms with Crippen LogP contribution in [0.4, 0.5) is 0 Å². The molecular formula is C12H27O4PZr. The Labute approximate surface area is 131 Å². The fourth-order valence-electron chi connectivity index (χ4n) is 1.07. The van der Waals surface area contributed by atoms with Crippen LogP contribution in [0.15, 0.2) is 0 Å². The molecule has 4 nitrogen and oxygen atoms in total. The summed E-state index contributed by atoms with van der Waals surface area (Å²) in [5, 5.41) is 0. The average molecular weight is 358 g/mol. The van der Waals surface area contributed by atoms with Crippen molar-refractivity contribution in [2.24, 2.45) is 0 Å². The van der Waals surface area contributed by atoms with Gasteiger partial charge in [-0.1, -0.05) is 40.0 Å². The molecule has 0 saturated carbocycles. The second kappa shape index (κ2) is 14.4. The number of phosphoric ester groups is 1. The zero-order valence-electron chi connectivity index (χ0n) is 11.9. The van der Waals surface area contributed by atoms with Crippen LogP contribution in [-0.4, -0.2) is 19.8 Å². The van der Waals surface area contributed by atoms with Crippen LogP contribution in [-0.2, 0) is 44.3 Å². The summed E-state index contributed by atoms with van der Waals surface area (Å²) < 4.78 is 28.0. The molecule has 0 aliphatic rings. The zero-order valence-corrected chi connectivity index (χ0v) is 15.3. The molecule has 0 spiro atoms. The smallest absolute Gasteiger partial charge is 0.287 e. The van der Waals surface area contributed by atoms with Gasteiger partial charge in [0.15, 0.2) is 0 Å². The third-order valence-electron chi connectivity index (χ3n) is 2.24. The molecule has 108 valence electrons. The summed E-state index contributed by atoms with van der Waals surface area (Å²) in [6.07, 6.45) is 5.63. The van der Waals surface area contributed by atoms with E-state index < -0.39 is 7.82 Å². The minimum absolute atomic E-state index is 0. The Morgan fingerprint density at radius 2 is 1.00 bits per heavy atom. The molecule has 0 saturated heterocycles. The van der Waals surface area contributed by atoms with Crippen molar-refractivity contribution in [2.45, 2.75) is 59.3 Å². The van der Waals surface area contributed by atoms with Gasteiger partial charge in [0.1, 0.15) is 0 Å². The number of hydrogen-bond acceptors (Lipinski definition) is 4. The number of unbranched alkanes of at least 4 members (excludes halogenated alkanes) is 3. The Bertz CT molecular complexity index is 181. The maximum Gasteiger partial charge on any atom is 0.474 e. The quantitative estimate of drug-likeness (QED) is 0.380. The first kappa shape index (κ1) is 21.3. The average Bonchev–Trinajstić information content (AvgIpc) is 2.30. The van der Waals surface area contributed by atoms with Crippen LogP contribution in [0, 0.1) is 0 Å². The van der Waals surface area contributed by atoms with E-state index in [2.05, 4.69) is 20.8 Å². The molecule has 0 aliphatic carbocycles. The van der Waals surface area contributed by atoms with E-state index in [1.165, 1.54) is 0 Å². The van der Waals surface area contributed by atoms with E-state index in [1.807, 2.05) is 0 Å². The summed E-state index contributed by atoms with van der Waals surface area (Å²) in [5.74, 6) is 0. The fourth-order valence-corrected chi connectivity index (χ4v) is 2.36. The monoisotopic (exact) mass is 356 g/mol. The van der Waals surface area contributed by atoms with Crippen molar-refractivity contribution in [2.75, 3.05) is 19.8 Å². The van der Waals surface area contributed by atoms with Crippen molar-refractivity contribution in [1.29, 1.82) is 0 Å². The maximum atomic E-state index is 12.2. The van der Waals surface area contributed by atoms with Crippen LogP contribution in [0.1, 0.15) is 59.3 Å². The van der Waals surface area contributed by atoms with Gasteiger partial charge >= 0.3 is 7.82 Å². The van der Waals surface area contributed by atoms with Crippen molar-refractivity contribution in [3.8, 4) is 0 Å². The van der Waals surface area contributed by atoms with Crippen LogP contribution < -0.4 is 0 Å². The van der Waals surface area contributed by atoms with Gasteiger partial charge in [-0.25, -0.2) is 4.57 Å². The normalized spacial score (nSPS) is 11.3. The molecule has 0 unspecified atom stereocenters. The van der Waals surface area contributed by atoms with Gasteiger partial charge in [0.2, 0.25) is 0 Å². The van der Waals surface area contributed by atoms with Gasteiger partial charge in [0.25, 0.3) is 0 Å². The Balaban J connectivity index is 0. The first-order valence-electron chi connectivity index (χ1n) is 6.72. The molecule has 0 aromatic rings. The first-order chi connectivity index (χ1) is 8.18. The molecule has 18 heavy (non-hydrogen) atoms. The molecule has 0 amide bonds. The fraction of sp³-hybridized carbons (Fsp3) is 1.00. The summed E-state index contributed by atoms with van der Waals surface area (Å²) in [5.41, 5.74) is 0. The van der Waals surface area contributed by atoms with Gasteiger partial charge in [-0.3, -0.25) is 13.6 Å². The second-order valence-electron chi connectivity index (χ2n) is 4.01. The maximum absolute atomic E-state index is 12.2. The van der Waals surface area contributed by atoms with Gasteiger partial charge in [-0.05, 0) is 19.3 Å². The Hall–Kier alpha value is 0.993. The van der Waals surface area contributed by atoms with Crippen molar-refractivity contribution in [1.82, 2.24) is 0 Å². The number of phosphoric acid groups is 1. The molecule has 0 heterocycles. The summed E-state index contributed by atoms with van der Waals surface area (Å²) in [7, 11) is -3.31. The van der Waals surface area contributed by atoms with Crippen LogP contribution in [0.3, 0.4) is 0 Å². The van der Waals surface area contributed by atoms with Crippen LogP contribution in [0.2, 0.25) is 0 Å². The van der Waals surface area contributed by atoms with Crippen molar-refractivity contribution in [3.05, 3.63) is 0 Å². The molecule has 0 aliphatic heterocycles. The van der Waals surface area contributed by atoms with Crippen molar-refractivity contribution >= 4 is 7.82 Å². The molecule has 0 bridgehead atoms. The van der Waals surface area contributed by atoms with Crippen molar-refractivity contribution < 1.29 is 44.3 Å². The summed E-state index contributed by atoms with van der Waals surface area (Å²) in [6, 6.07) is 0. The molecule has 0 rings (SSSR count). The molecule has 0 aromatic carbocycles. The third kappa shape index (κ3) is 12.0. The van der Waals surface area contributed by atoms with E-state index in [-0.39, 0.29) is 26.2 Å². The number of rotatable bonds is 12. The molecule has 0 fully saturated rings. The Kier molecular flexibility index (Phi) is 17.0. The van der Waals surface area contributed by atoms with E-state index in [4.69, 9.17) is 13.6 Å². The van der Waals surface area contributed by atoms with E-state index in [1.54, 1.807) is 0 Å². The van der Waals surface area contributed by atoms with Gasteiger partial charge in [-0.15, -0.1) is 0 Å². The topological polar surface area (TPSA) is 44.8 Å². The van der Waals surface area contributed by atoms with Gasteiger partial charge < -0.3 is 0 Å². The second-order valence-corrected chi connectivity index (χ2v) is 5.68. The predicted octanol–water partition coefficient (Wildman–Crippen LogP) is 4.54. The summed E-state index contributed by atoms with van der Waals surface area (Å²) in [4.78, 5) is 0.